The molecule has 13 nitrogen and oxygen atoms in total. The molecule has 0 aliphatic heterocycles. The SMILES string of the molecule is CC(=O)c1ccccc1-c1ccc2nc(C3CC3c3cccc(C(F)(F)F)c3)[nH]c2c1.NS(=O)(=O)c1ccccc1-c1ccc2nc(C3CC3c3cccc(Cl)c3)[nH]c2c1.O=S(=O)(Nc1ccccc1-c1ccc2nc(C3CC3c3cccc(Cl)c3)[nH]c2c1)C(F)(F)F. The van der Waals surface area contributed by atoms with Crippen LogP contribution in [0, 0.1) is 0 Å². The van der Waals surface area contributed by atoms with Gasteiger partial charge in [0.25, 0.3) is 0 Å². The molecule has 93 heavy (non-hydrogen) atoms. The van der Waals surface area contributed by atoms with Gasteiger partial charge in [0, 0.05) is 44.5 Å². The van der Waals surface area contributed by atoms with Crippen molar-refractivity contribution in [3.05, 3.63) is 256 Å². The standard InChI is InChI=1S/C25H19F3N2O.C23H17ClF3N3O2S.C22H18ClN3O2S/c1-14(31)18-7-2-3-8-19(18)16-9-10-22-23(12-16)30-24(29-22)21-13-20(21)15-5-4-6-17(11-15)25(26,27)28;24-15-5-3-4-13(10-15)17-12-18(17)22-28-20-9-8-14(11-21(20)29-22)16-6-1-2-7-19(16)30-33(31,32)23(25,26)27;23-15-5-3-4-13(10-15)17-12-18(17)22-25-19-9-8-14(11-20(19)26-22)16-6-1-2-7-21(16)29(24,27)28/h2-12,20-21H,13H2,1H3,(H,29,30);1-11,17-18,30H,12H2,(H,28,29);1-11,17-18H,12H2,(H,25,26)(H2,24,27,28). The van der Waals surface area contributed by atoms with Gasteiger partial charge in [-0.1, -0.05) is 145 Å². The number of imidazole rings is 3. The van der Waals surface area contributed by atoms with Crippen LogP contribution in [0.5, 0.6) is 0 Å². The normalized spacial score (nSPS) is 18.5. The molecule has 12 aromatic rings. The van der Waals surface area contributed by atoms with E-state index in [9.17, 15) is 48.0 Å². The minimum Gasteiger partial charge on any atom is -0.342 e. The fourth-order valence-electron chi connectivity index (χ4n) is 12.2. The molecule has 0 bridgehead atoms. The summed E-state index contributed by atoms with van der Waals surface area (Å²) in [5, 5.41) is 6.82. The molecule has 3 aliphatic carbocycles. The molecule has 15 rings (SSSR count). The molecule has 3 fully saturated rings. The number of Topliss-reactive ketones (excluding diaryl/α,β-unsaturated/α-hetero) is 1. The van der Waals surface area contributed by atoms with E-state index < -0.39 is 37.3 Å². The number of fused-ring (bicyclic) bond motifs is 3. The Bertz CT molecular complexity index is 5130. The Morgan fingerprint density at radius 1 is 0.484 bits per heavy atom. The third-order valence-corrected chi connectivity index (χ3v) is 19.6. The highest BCUT2D eigenvalue weighted by Gasteiger charge is 2.47. The summed E-state index contributed by atoms with van der Waals surface area (Å²) in [6.45, 7) is 1.55. The van der Waals surface area contributed by atoms with Gasteiger partial charge in [0.1, 0.15) is 17.5 Å². The molecule has 0 amide bonds. The highest BCUT2D eigenvalue weighted by Crippen LogP contribution is 2.57. The zero-order chi connectivity index (χ0) is 65.3. The Hall–Kier alpha value is -9.12. The Labute approximate surface area is 539 Å². The lowest BCUT2D eigenvalue weighted by atomic mass is 9.97. The number of anilines is 1. The van der Waals surface area contributed by atoms with Crippen LogP contribution in [-0.4, -0.2) is 58.0 Å². The van der Waals surface area contributed by atoms with E-state index >= 15 is 0 Å². The Balaban J connectivity index is 0.000000127. The number of aromatic amines is 3. The fourth-order valence-corrected chi connectivity index (χ4v) is 13.9. The molecule has 3 aromatic heterocycles. The number of ketones is 1. The predicted octanol–water partition coefficient (Wildman–Crippen LogP) is 17.9. The first-order valence-electron chi connectivity index (χ1n) is 29.4. The molecule has 0 radical (unpaired) electrons. The van der Waals surface area contributed by atoms with Crippen LogP contribution in [0.4, 0.5) is 32.0 Å². The van der Waals surface area contributed by atoms with Crippen LogP contribution in [-0.2, 0) is 26.2 Å². The van der Waals surface area contributed by atoms with E-state index in [0.29, 0.717) is 56.1 Å². The van der Waals surface area contributed by atoms with Crippen molar-refractivity contribution < 1.29 is 48.0 Å². The Morgan fingerprint density at radius 2 is 0.892 bits per heavy atom. The van der Waals surface area contributed by atoms with Crippen molar-refractivity contribution in [3.63, 3.8) is 0 Å². The lowest BCUT2D eigenvalue weighted by Crippen LogP contribution is -2.30. The third-order valence-electron chi connectivity index (χ3n) is 17.0. The van der Waals surface area contributed by atoms with Gasteiger partial charge in [-0.15, -0.1) is 0 Å². The first kappa shape index (κ1) is 62.7. The average Bonchev–Trinajstić information content (AvgIpc) is 1.65. The number of aromatic nitrogens is 6. The molecule has 3 aliphatic rings. The van der Waals surface area contributed by atoms with Crippen LogP contribution in [0.3, 0.4) is 0 Å². The van der Waals surface area contributed by atoms with Gasteiger partial charge in [-0.2, -0.15) is 34.8 Å². The molecule has 3 heterocycles. The van der Waals surface area contributed by atoms with E-state index in [1.165, 1.54) is 35.9 Å². The van der Waals surface area contributed by atoms with Crippen molar-refractivity contribution in [1.29, 1.82) is 0 Å². The number of nitrogens with one attached hydrogen (secondary N) is 4. The lowest BCUT2D eigenvalue weighted by Gasteiger charge is -2.14. The number of hydrogen-bond donors (Lipinski definition) is 5. The number of halogens is 8. The molecule has 9 aromatic carbocycles. The zero-order valence-corrected chi connectivity index (χ0v) is 52.1. The van der Waals surface area contributed by atoms with Gasteiger partial charge in [0.15, 0.2) is 5.78 Å². The molecule has 3 saturated carbocycles. The summed E-state index contributed by atoms with van der Waals surface area (Å²) in [6.07, 6.45) is -1.61. The van der Waals surface area contributed by atoms with Crippen LogP contribution >= 0.6 is 23.2 Å². The van der Waals surface area contributed by atoms with Gasteiger partial charge < -0.3 is 15.0 Å². The van der Waals surface area contributed by atoms with Crippen molar-refractivity contribution in [1.82, 2.24) is 29.9 Å². The van der Waals surface area contributed by atoms with E-state index in [4.69, 9.17) is 33.3 Å². The quantitative estimate of drug-likeness (QED) is 0.0553. The van der Waals surface area contributed by atoms with Gasteiger partial charge in [-0.25, -0.2) is 28.5 Å². The third kappa shape index (κ3) is 13.4. The van der Waals surface area contributed by atoms with Gasteiger partial charge in [0.2, 0.25) is 10.0 Å². The number of sulfonamides is 2. The zero-order valence-electron chi connectivity index (χ0n) is 48.9. The van der Waals surface area contributed by atoms with Crippen molar-refractivity contribution in [3.8, 4) is 33.4 Å². The van der Waals surface area contributed by atoms with E-state index in [1.54, 1.807) is 66.2 Å². The average molecular weight is 1340 g/mol. The van der Waals surface area contributed by atoms with Crippen LogP contribution < -0.4 is 9.86 Å². The van der Waals surface area contributed by atoms with E-state index in [2.05, 4.69) is 31.0 Å². The summed E-state index contributed by atoms with van der Waals surface area (Å²) in [6, 6.07) is 58.1. The summed E-state index contributed by atoms with van der Waals surface area (Å²) in [7, 11) is -9.35. The molecule has 6 N–H and O–H groups in total. The van der Waals surface area contributed by atoms with Crippen LogP contribution in [0.1, 0.15) is 112 Å². The molecular weight excluding hydrogens is 1280 g/mol. The van der Waals surface area contributed by atoms with Gasteiger partial charge in [-0.3, -0.25) is 9.52 Å². The first-order valence-corrected chi connectivity index (χ1v) is 33.2. The Kier molecular flexibility index (Phi) is 16.4. The summed E-state index contributed by atoms with van der Waals surface area (Å²) in [5.74, 6) is 3.96. The fraction of sp³-hybridized carbons (Fsp3) is 0.171. The highest BCUT2D eigenvalue weighted by atomic mass is 35.5. The largest absolute Gasteiger partial charge is 0.516 e. The van der Waals surface area contributed by atoms with Gasteiger partial charge >= 0.3 is 21.7 Å². The number of nitrogens with two attached hydrogens (primary N) is 1. The van der Waals surface area contributed by atoms with Crippen LogP contribution in [0.15, 0.2) is 205 Å². The first-order chi connectivity index (χ1) is 44.3. The number of H-pyrrole nitrogens is 3. The minimum atomic E-state index is -5.54. The smallest absolute Gasteiger partial charge is 0.342 e. The van der Waals surface area contributed by atoms with Gasteiger partial charge in [-0.05, 0) is 162 Å². The molecule has 0 saturated heterocycles. The summed E-state index contributed by atoms with van der Waals surface area (Å²) in [4.78, 5) is 36.2. The maximum Gasteiger partial charge on any atom is 0.516 e. The second-order valence-electron chi connectivity index (χ2n) is 23.4. The number of carbonyl (C=O) groups is 1. The topological polar surface area (TPSA) is 209 Å². The van der Waals surface area contributed by atoms with Crippen LogP contribution in [0.2, 0.25) is 10.0 Å². The van der Waals surface area contributed by atoms with Gasteiger partial charge in [0.05, 0.1) is 49.2 Å². The maximum absolute atomic E-state index is 13.0. The molecule has 472 valence electrons. The number of primary sulfonamides is 1. The van der Waals surface area contributed by atoms with Crippen molar-refractivity contribution in [2.24, 2.45) is 5.14 Å². The highest BCUT2D eigenvalue weighted by molar-refractivity contribution is 7.93. The molecule has 6 atom stereocenters. The lowest BCUT2D eigenvalue weighted by molar-refractivity contribution is -0.137. The second-order valence-corrected chi connectivity index (χ2v) is 27.5. The van der Waals surface area contributed by atoms with E-state index in [1.807, 2.05) is 103 Å². The summed E-state index contributed by atoms with van der Waals surface area (Å²) < 4.78 is 126. The number of benzene rings is 9. The number of carbonyl (C=O) groups excluding carboxylic acids is 1. The predicted molar refractivity (Wildman–Crippen MR) is 349 cm³/mol. The van der Waals surface area contributed by atoms with Crippen molar-refractivity contribution >= 4 is 87.8 Å². The minimum absolute atomic E-state index is 0.00269. The number of nitrogens with zero attached hydrogens (tertiary/aromatic N) is 3. The number of alkyl halides is 6. The maximum atomic E-state index is 13.0. The molecule has 6 unspecified atom stereocenters. The molecule has 0 spiro atoms. The summed E-state index contributed by atoms with van der Waals surface area (Å²) >= 11 is 12.2. The van der Waals surface area contributed by atoms with Crippen molar-refractivity contribution in [2.45, 2.75) is 78.3 Å². The second kappa shape index (κ2) is 24.4. The summed E-state index contributed by atoms with van der Waals surface area (Å²) in [5.41, 5.74) is 6.38. The Morgan fingerprint density at radius 3 is 1.34 bits per heavy atom. The molecular formula is C70H54Cl2F6N8O5S2. The number of para-hydroxylation sites is 1. The number of rotatable bonds is 13. The van der Waals surface area contributed by atoms with E-state index in [0.717, 1.165) is 97.7 Å². The van der Waals surface area contributed by atoms with Crippen molar-refractivity contribution in [2.75, 3.05) is 4.72 Å². The van der Waals surface area contributed by atoms with E-state index in [-0.39, 0.29) is 34.1 Å². The molecule has 23 heteroatoms. The number of hydrogen-bond acceptors (Lipinski definition) is 8. The van der Waals surface area contributed by atoms with Crippen LogP contribution in [0.25, 0.3) is 66.5 Å². The monoisotopic (exact) mass is 1330 g/mol.